The van der Waals surface area contributed by atoms with Crippen molar-refractivity contribution in [3.05, 3.63) is 100 Å². The molecular weight excluding hydrogens is 384 g/mol. The van der Waals surface area contributed by atoms with Crippen LogP contribution in [-0.4, -0.2) is 5.91 Å². The van der Waals surface area contributed by atoms with Crippen LogP contribution in [0.5, 0.6) is 0 Å². The molecule has 0 unspecified atom stereocenters. The lowest BCUT2D eigenvalue weighted by molar-refractivity contribution is 0.102. The van der Waals surface area contributed by atoms with Gasteiger partial charge in [0.05, 0.1) is 5.69 Å². The summed E-state index contributed by atoms with van der Waals surface area (Å²) in [5.74, 6) is -0.279. The summed E-state index contributed by atoms with van der Waals surface area (Å²) >= 11 is 6.12. The molecular formula is C24H19ClN2O2. The summed E-state index contributed by atoms with van der Waals surface area (Å²) in [5, 5.41) is 4.45. The van der Waals surface area contributed by atoms with Gasteiger partial charge in [0.25, 0.3) is 5.91 Å². The van der Waals surface area contributed by atoms with Gasteiger partial charge in [-0.2, -0.15) is 0 Å². The van der Waals surface area contributed by atoms with Crippen molar-refractivity contribution in [2.75, 3.05) is 5.32 Å². The summed E-state index contributed by atoms with van der Waals surface area (Å²) in [7, 11) is 0. The van der Waals surface area contributed by atoms with E-state index in [2.05, 4.69) is 10.3 Å². The molecule has 4 nitrogen and oxygen atoms in total. The first-order valence-electron chi connectivity index (χ1n) is 9.22. The van der Waals surface area contributed by atoms with E-state index in [9.17, 15) is 4.79 Å². The van der Waals surface area contributed by atoms with Crippen molar-refractivity contribution in [1.29, 1.82) is 0 Å². The highest BCUT2D eigenvalue weighted by Crippen LogP contribution is 2.22. The van der Waals surface area contributed by atoms with E-state index in [0.717, 1.165) is 22.2 Å². The highest BCUT2D eigenvalue weighted by Gasteiger charge is 2.14. The Morgan fingerprint density at radius 1 is 0.931 bits per heavy atom. The molecule has 0 atom stereocenters. The Bertz CT molecular complexity index is 1290. The third-order valence-corrected chi connectivity index (χ3v) is 5.09. The fourth-order valence-electron chi connectivity index (χ4n) is 3.03. The van der Waals surface area contributed by atoms with Crippen LogP contribution in [0.2, 0.25) is 5.02 Å². The second kappa shape index (κ2) is 7.94. The molecule has 4 aromatic rings. The van der Waals surface area contributed by atoms with Crippen LogP contribution in [-0.2, 0) is 0 Å². The molecule has 0 saturated carbocycles. The van der Waals surface area contributed by atoms with Crippen LogP contribution in [0.15, 0.2) is 82.2 Å². The second-order valence-corrected chi connectivity index (χ2v) is 7.22. The van der Waals surface area contributed by atoms with Gasteiger partial charge in [0.1, 0.15) is 11.1 Å². The number of nitrogens with zero attached hydrogens (tertiary/aromatic N) is 1. The van der Waals surface area contributed by atoms with Crippen molar-refractivity contribution in [1.82, 2.24) is 0 Å². The van der Waals surface area contributed by atoms with Crippen molar-refractivity contribution in [3.8, 4) is 0 Å². The predicted molar refractivity (Wildman–Crippen MR) is 117 cm³/mol. The molecule has 0 aliphatic rings. The molecule has 0 aliphatic carbocycles. The van der Waals surface area contributed by atoms with Crippen LogP contribution in [0.25, 0.3) is 11.0 Å². The zero-order valence-electron chi connectivity index (χ0n) is 16.1. The zero-order chi connectivity index (χ0) is 20.4. The molecule has 3 aromatic carbocycles. The van der Waals surface area contributed by atoms with Gasteiger partial charge < -0.3 is 9.73 Å². The maximum atomic E-state index is 13.1. The van der Waals surface area contributed by atoms with Crippen molar-refractivity contribution >= 4 is 39.9 Å². The topological polar surface area (TPSA) is 54.6 Å². The number of anilines is 1. The van der Waals surface area contributed by atoms with Gasteiger partial charge in [0.15, 0.2) is 0 Å². The van der Waals surface area contributed by atoms with Crippen LogP contribution < -0.4 is 10.9 Å². The van der Waals surface area contributed by atoms with E-state index in [1.54, 1.807) is 18.2 Å². The van der Waals surface area contributed by atoms with Crippen molar-refractivity contribution in [2.24, 2.45) is 4.99 Å². The van der Waals surface area contributed by atoms with Gasteiger partial charge in [-0.1, -0.05) is 48.0 Å². The Kier molecular flexibility index (Phi) is 5.19. The molecule has 0 aliphatic heterocycles. The maximum absolute atomic E-state index is 13.1. The number of nitrogens with one attached hydrogen (secondary N) is 1. The van der Waals surface area contributed by atoms with Crippen LogP contribution >= 0.6 is 11.6 Å². The molecule has 1 aromatic heterocycles. The lowest BCUT2D eigenvalue weighted by atomic mass is 10.1. The first-order valence-corrected chi connectivity index (χ1v) is 9.60. The van der Waals surface area contributed by atoms with E-state index in [-0.39, 0.29) is 11.5 Å². The van der Waals surface area contributed by atoms with Gasteiger partial charge in [-0.3, -0.25) is 4.79 Å². The van der Waals surface area contributed by atoms with E-state index < -0.39 is 0 Å². The lowest BCUT2D eigenvalue weighted by Gasteiger charge is -2.09. The van der Waals surface area contributed by atoms with Crippen LogP contribution in [0.4, 0.5) is 11.4 Å². The standard InChI is InChI=1S/C24H19ClN2O2/c1-15-7-3-5-9-21(15)27-23(28)19-14-17-8-4-6-10-22(17)29-24(19)26-18-11-12-20(25)16(2)13-18/h3-14H,1-2H3,(H,27,28). The minimum absolute atomic E-state index is 0.247. The second-order valence-electron chi connectivity index (χ2n) is 6.82. The molecule has 5 heteroatoms. The highest BCUT2D eigenvalue weighted by atomic mass is 35.5. The van der Waals surface area contributed by atoms with Crippen molar-refractivity contribution in [2.45, 2.75) is 13.8 Å². The zero-order valence-corrected chi connectivity index (χ0v) is 16.8. The van der Waals surface area contributed by atoms with E-state index in [0.29, 0.717) is 21.9 Å². The van der Waals surface area contributed by atoms with Crippen molar-refractivity contribution in [3.63, 3.8) is 0 Å². The fraction of sp³-hybridized carbons (Fsp3) is 0.0833. The average molecular weight is 403 g/mol. The minimum Gasteiger partial charge on any atom is -0.438 e. The number of carbonyl (C=O) groups is 1. The number of hydrogen-bond acceptors (Lipinski definition) is 3. The van der Waals surface area contributed by atoms with Gasteiger partial charge in [0, 0.05) is 16.1 Å². The lowest BCUT2D eigenvalue weighted by Crippen LogP contribution is -2.22. The number of hydrogen-bond donors (Lipinski definition) is 1. The molecule has 29 heavy (non-hydrogen) atoms. The molecule has 0 fully saturated rings. The molecule has 1 N–H and O–H groups in total. The fourth-order valence-corrected chi connectivity index (χ4v) is 3.15. The number of fused-ring (bicyclic) bond motifs is 1. The van der Waals surface area contributed by atoms with Gasteiger partial charge in [-0.25, -0.2) is 4.99 Å². The monoisotopic (exact) mass is 402 g/mol. The summed E-state index contributed by atoms with van der Waals surface area (Å²) in [6.07, 6.45) is 0. The minimum atomic E-state index is -0.279. The Balaban J connectivity index is 1.86. The van der Waals surface area contributed by atoms with Crippen molar-refractivity contribution < 1.29 is 9.21 Å². The molecule has 1 amide bonds. The first-order chi connectivity index (χ1) is 14.0. The van der Waals surface area contributed by atoms with Crippen LogP contribution in [0, 0.1) is 13.8 Å². The third kappa shape index (κ3) is 4.08. The molecule has 0 radical (unpaired) electrons. The number of rotatable bonds is 3. The molecule has 144 valence electrons. The highest BCUT2D eigenvalue weighted by molar-refractivity contribution is 6.31. The van der Waals surface area contributed by atoms with Crippen LogP contribution in [0.3, 0.4) is 0 Å². The van der Waals surface area contributed by atoms with E-state index >= 15 is 0 Å². The molecule has 4 rings (SSSR count). The van der Waals surface area contributed by atoms with Gasteiger partial charge in [-0.05, 0) is 61.4 Å². The van der Waals surface area contributed by atoms with E-state index in [1.165, 1.54) is 0 Å². The van der Waals surface area contributed by atoms with E-state index in [1.807, 2.05) is 68.4 Å². The number of carbonyl (C=O) groups excluding carboxylic acids is 1. The number of aryl methyl sites for hydroxylation is 2. The Hall–Kier alpha value is -3.37. The maximum Gasteiger partial charge on any atom is 0.261 e. The Labute approximate surface area is 173 Å². The number of amides is 1. The SMILES string of the molecule is Cc1cc(N=c2oc3ccccc3cc2C(=O)Nc2ccccc2C)ccc1Cl. The predicted octanol–water partition coefficient (Wildman–Crippen LogP) is 6.19. The molecule has 0 bridgehead atoms. The first kappa shape index (κ1) is 19.0. The Morgan fingerprint density at radius 3 is 2.48 bits per heavy atom. The summed E-state index contributed by atoms with van der Waals surface area (Å²) in [6, 6.07) is 22.4. The average Bonchev–Trinajstić information content (AvgIpc) is 2.72. The van der Waals surface area contributed by atoms with Gasteiger partial charge in [-0.15, -0.1) is 0 Å². The normalized spacial score (nSPS) is 11.6. The van der Waals surface area contributed by atoms with Gasteiger partial charge in [0.2, 0.25) is 5.55 Å². The summed E-state index contributed by atoms with van der Waals surface area (Å²) in [4.78, 5) is 17.7. The largest absolute Gasteiger partial charge is 0.438 e. The number of halogens is 1. The molecule has 1 heterocycles. The third-order valence-electron chi connectivity index (χ3n) is 4.67. The summed E-state index contributed by atoms with van der Waals surface area (Å²) in [6.45, 7) is 3.85. The summed E-state index contributed by atoms with van der Waals surface area (Å²) in [5.41, 5.74) is 4.56. The molecule has 0 saturated heterocycles. The molecule has 0 spiro atoms. The van der Waals surface area contributed by atoms with E-state index in [4.69, 9.17) is 16.0 Å². The number of benzene rings is 3. The van der Waals surface area contributed by atoms with Crippen LogP contribution in [0.1, 0.15) is 21.5 Å². The summed E-state index contributed by atoms with van der Waals surface area (Å²) < 4.78 is 6.00. The quantitative estimate of drug-likeness (QED) is 0.444. The smallest absolute Gasteiger partial charge is 0.261 e. The Morgan fingerprint density at radius 2 is 1.69 bits per heavy atom. The number of para-hydroxylation sites is 2. The van der Waals surface area contributed by atoms with Gasteiger partial charge >= 0.3 is 0 Å².